The molecule has 4 fully saturated rings. The molecule has 7 heteroatoms. The summed E-state index contributed by atoms with van der Waals surface area (Å²) in [6, 6.07) is 5.65. The lowest BCUT2D eigenvalue weighted by Crippen LogP contribution is -2.60. The van der Waals surface area contributed by atoms with Crippen LogP contribution >= 0.6 is 23.2 Å². The molecule has 4 saturated carbocycles. The van der Waals surface area contributed by atoms with E-state index in [1.807, 2.05) is 29.8 Å². The Labute approximate surface area is 168 Å². The minimum absolute atomic E-state index is 0.123. The van der Waals surface area contributed by atoms with E-state index in [-0.39, 0.29) is 22.1 Å². The summed E-state index contributed by atoms with van der Waals surface area (Å²) < 4.78 is 1.94. The average Bonchev–Trinajstić information content (AvgIpc) is 3.05. The summed E-state index contributed by atoms with van der Waals surface area (Å²) >= 11 is 12.2. The van der Waals surface area contributed by atoms with Crippen molar-refractivity contribution in [3.05, 3.63) is 40.4 Å². The second-order valence-electron chi connectivity index (χ2n) is 8.79. The lowest BCUT2D eigenvalue weighted by Gasteiger charge is -2.60. The first-order chi connectivity index (χ1) is 12.9. The van der Waals surface area contributed by atoms with Gasteiger partial charge >= 0.3 is 0 Å². The summed E-state index contributed by atoms with van der Waals surface area (Å²) in [6.45, 7) is 1.94. The smallest absolute Gasteiger partial charge is 0.242 e. The Kier molecular flexibility index (Phi) is 3.86. The fourth-order valence-electron chi connectivity index (χ4n) is 6.22. The zero-order valence-corrected chi connectivity index (χ0v) is 16.7. The van der Waals surface area contributed by atoms with Gasteiger partial charge in [0, 0.05) is 10.7 Å². The summed E-state index contributed by atoms with van der Waals surface area (Å²) in [7, 11) is 0. The molecular formula is C20H22Cl2N4O. The van der Waals surface area contributed by atoms with Gasteiger partial charge in [0.25, 0.3) is 0 Å². The monoisotopic (exact) mass is 404 g/mol. The van der Waals surface area contributed by atoms with Crippen molar-refractivity contribution in [2.24, 2.45) is 17.3 Å². The van der Waals surface area contributed by atoms with Crippen LogP contribution in [0.1, 0.15) is 44.1 Å². The van der Waals surface area contributed by atoms with Gasteiger partial charge < -0.3 is 5.32 Å². The van der Waals surface area contributed by atoms with Gasteiger partial charge in [0.05, 0.1) is 11.0 Å². The van der Waals surface area contributed by atoms with Crippen molar-refractivity contribution in [3.63, 3.8) is 0 Å². The average molecular weight is 405 g/mol. The number of carbonyl (C=O) groups excluding carboxylic acids is 1. The number of nitrogens with zero attached hydrogens (tertiary/aromatic N) is 3. The molecule has 4 aliphatic carbocycles. The van der Waals surface area contributed by atoms with E-state index in [1.165, 1.54) is 6.42 Å². The Morgan fingerprint density at radius 2 is 1.96 bits per heavy atom. The Morgan fingerprint density at radius 1 is 1.22 bits per heavy atom. The van der Waals surface area contributed by atoms with Crippen molar-refractivity contribution >= 4 is 34.8 Å². The maximum Gasteiger partial charge on any atom is 0.242 e. The third-order valence-electron chi connectivity index (χ3n) is 6.98. The molecule has 0 aliphatic heterocycles. The van der Waals surface area contributed by atoms with Gasteiger partial charge in [-0.1, -0.05) is 17.7 Å². The largest absolute Gasteiger partial charge is 0.325 e. The minimum Gasteiger partial charge on any atom is -0.325 e. The summed E-state index contributed by atoms with van der Waals surface area (Å²) in [5, 5.41) is 8.56. The predicted octanol–water partition coefficient (Wildman–Crippen LogP) is 4.83. The van der Waals surface area contributed by atoms with E-state index >= 15 is 0 Å². The first kappa shape index (κ1) is 17.5. The molecule has 1 amide bonds. The molecule has 4 aliphatic rings. The number of rotatable bonds is 3. The number of hydrogen-bond acceptors (Lipinski definition) is 3. The minimum atomic E-state index is -0.350. The van der Waals surface area contributed by atoms with Crippen molar-refractivity contribution < 1.29 is 4.79 Å². The summed E-state index contributed by atoms with van der Waals surface area (Å²) in [6.07, 6.45) is 7.80. The van der Waals surface area contributed by atoms with Crippen LogP contribution in [0.4, 0.5) is 5.69 Å². The molecule has 2 atom stereocenters. The highest BCUT2D eigenvalue weighted by Crippen LogP contribution is 2.64. The van der Waals surface area contributed by atoms with E-state index in [4.69, 9.17) is 23.2 Å². The van der Waals surface area contributed by atoms with Gasteiger partial charge in [-0.15, -0.1) is 5.10 Å². The maximum atomic E-state index is 13.5. The SMILES string of the molecule is Cc1c(Cl)cccc1NC(=O)C12CC3CC(C1)CC(n1cnc(Cl)n1)(C3)C2. The Morgan fingerprint density at radius 3 is 2.63 bits per heavy atom. The number of benzene rings is 1. The van der Waals surface area contributed by atoms with Crippen molar-refractivity contribution in [1.82, 2.24) is 14.8 Å². The third kappa shape index (κ3) is 2.70. The molecule has 0 radical (unpaired) electrons. The van der Waals surface area contributed by atoms with E-state index in [0.717, 1.165) is 43.4 Å². The van der Waals surface area contributed by atoms with Crippen LogP contribution in [0.15, 0.2) is 24.5 Å². The van der Waals surface area contributed by atoms with Crippen molar-refractivity contribution in [2.75, 3.05) is 5.32 Å². The molecule has 1 N–H and O–H groups in total. The number of halogens is 2. The van der Waals surface area contributed by atoms with Gasteiger partial charge in [-0.2, -0.15) is 0 Å². The standard InChI is InChI=1S/C20H22Cl2N4O/c1-12-15(21)3-2-4-16(12)24-17(27)19-6-13-5-14(7-19)9-20(8-13,10-19)26-11-23-18(22)25-26/h2-4,11,13-14H,5-10H2,1H3,(H,24,27). The van der Waals surface area contributed by atoms with Gasteiger partial charge in [0.15, 0.2) is 0 Å². The van der Waals surface area contributed by atoms with Crippen LogP contribution in [0, 0.1) is 24.2 Å². The van der Waals surface area contributed by atoms with Gasteiger partial charge in [0.1, 0.15) is 6.33 Å². The van der Waals surface area contributed by atoms with Crippen LogP contribution in [0.5, 0.6) is 0 Å². The quantitative estimate of drug-likeness (QED) is 0.796. The Bertz CT molecular complexity index is 910. The van der Waals surface area contributed by atoms with Crippen molar-refractivity contribution in [1.29, 1.82) is 0 Å². The fourth-order valence-corrected chi connectivity index (χ4v) is 6.52. The maximum absolute atomic E-state index is 13.5. The summed E-state index contributed by atoms with van der Waals surface area (Å²) in [5.74, 6) is 1.23. The molecule has 1 aromatic heterocycles. The van der Waals surface area contributed by atoms with E-state index < -0.39 is 0 Å². The molecule has 0 spiro atoms. The second-order valence-corrected chi connectivity index (χ2v) is 9.54. The number of amides is 1. The number of anilines is 1. The lowest BCUT2D eigenvalue weighted by atomic mass is 9.46. The summed E-state index contributed by atoms with van der Waals surface area (Å²) in [4.78, 5) is 17.6. The first-order valence-electron chi connectivity index (χ1n) is 9.53. The molecule has 27 heavy (non-hydrogen) atoms. The molecule has 0 saturated heterocycles. The summed E-state index contributed by atoms with van der Waals surface area (Å²) in [5.41, 5.74) is 1.23. The Balaban J connectivity index is 1.48. The Hall–Kier alpha value is -1.59. The molecule has 142 valence electrons. The van der Waals surface area contributed by atoms with Crippen LogP contribution in [0.2, 0.25) is 10.3 Å². The van der Waals surface area contributed by atoms with E-state index in [0.29, 0.717) is 16.9 Å². The lowest BCUT2D eigenvalue weighted by molar-refractivity contribution is -0.150. The highest BCUT2D eigenvalue weighted by Gasteiger charge is 2.61. The molecule has 2 unspecified atom stereocenters. The zero-order valence-electron chi connectivity index (χ0n) is 15.2. The van der Waals surface area contributed by atoms with Gasteiger partial charge in [-0.05, 0) is 86.6 Å². The van der Waals surface area contributed by atoms with Gasteiger partial charge in [-0.3, -0.25) is 4.79 Å². The van der Waals surface area contributed by atoms with E-state index in [2.05, 4.69) is 15.4 Å². The topological polar surface area (TPSA) is 59.8 Å². The normalized spacial score (nSPS) is 34.0. The third-order valence-corrected chi connectivity index (χ3v) is 7.56. The highest BCUT2D eigenvalue weighted by atomic mass is 35.5. The molecule has 1 aromatic carbocycles. The molecule has 4 bridgehead atoms. The molecular weight excluding hydrogens is 383 g/mol. The van der Waals surface area contributed by atoms with E-state index in [1.54, 1.807) is 6.33 Å². The van der Waals surface area contributed by atoms with Crippen molar-refractivity contribution in [2.45, 2.75) is 51.0 Å². The number of nitrogens with one attached hydrogen (secondary N) is 1. The fraction of sp³-hybridized carbons (Fsp3) is 0.550. The number of carbonyl (C=O) groups is 1. The van der Waals surface area contributed by atoms with Crippen LogP contribution < -0.4 is 5.32 Å². The predicted molar refractivity (Wildman–Crippen MR) is 105 cm³/mol. The van der Waals surface area contributed by atoms with Crippen LogP contribution in [-0.2, 0) is 10.3 Å². The van der Waals surface area contributed by atoms with Crippen molar-refractivity contribution in [3.8, 4) is 0 Å². The molecule has 6 rings (SSSR count). The van der Waals surface area contributed by atoms with Gasteiger partial charge in [-0.25, -0.2) is 9.67 Å². The van der Waals surface area contributed by atoms with Crippen LogP contribution in [0.3, 0.4) is 0 Å². The molecule has 5 nitrogen and oxygen atoms in total. The second kappa shape index (κ2) is 5.95. The van der Waals surface area contributed by atoms with Crippen LogP contribution in [-0.4, -0.2) is 20.7 Å². The first-order valence-corrected chi connectivity index (χ1v) is 10.3. The van der Waals surface area contributed by atoms with E-state index in [9.17, 15) is 4.79 Å². The molecule has 1 heterocycles. The molecule has 2 aromatic rings. The number of aromatic nitrogens is 3. The highest BCUT2D eigenvalue weighted by molar-refractivity contribution is 6.31. The van der Waals surface area contributed by atoms with Crippen LogP contribution in [0.25, 0.3) is 0 Å². The number of hydrogen-bond donors (Lipinski definition) is 1. The zero-order chi connectivity index (χ0) is 18.8. The van der Waals surface area contributed by atoms with Gasteiger partial charge in [0.2, 0.25) is 11.2 Å².